The third kappa shape index (κ3) is 3.10. The zero-order valence-corrected chi connectivity index (χ0v) is 12.1. The molecule has 18 heavy (non-hydrogen) atoms. The van der Waals surface area contributed by atoms with Gasteiger partial charge in [-0.3, -0.25) is 4.79 Å². The number of amides is 1. The van der Waals surface area contributed by atoms with Crippen molar-refractivity contribution in [3.63, 3.8) is 0 Å². The van der Waals surface area contributed by atoms with E-state index in [0.29, 0.717) is 10.0 Å². The largest absolute Gasteiger partial charge is 0.479 e. The summed E-state index contributed by atoms with van der Waals surface area (Å²) in [4.78, 5) is 24.5. The number of nitrogens with zero attached hydrogens (tertiary/aromatic N) is 1. The zero-order chi connectivity index (χ0) is 13.9. The first kappa shape index (κ1) is 14.7. The number of carbonyl (C=O) groups is 2. The molecule has 0 aliphatic heterocycles. The third-order valence-electron chi connectivity index (χ3n) is 2.63. The number of hydrogen-bond acceptors (Lipinski definition) is 2. The Balaban J connectivity index is 3.30. The molecule has 0 radical (unpaired) electrons. The van der Waals surface area contributed by atoms with E-state index in [0.717, 1.165) is 0 Å². The second kappa shape index (κ2) is 6.00. The van der Waals surface area contributed by atoms with Crippen molar-refractivity contribution < 1.29 is 14.7 Å². The van der Waals surface area contributed by atoms with E-state index < -0.39 is 12.0 Å². The minimum absolute atomic E-state index is 0.185. The molecule has 0 aliphatic carbocycles. The van der Waals surface area contributed by atoms with Crippen LogP contribution in [0.2, 0.25) is 0 Å². The molecule has 0 bridgehead atoms. The highest BCUT2D eigenvalue weighted by atomic mass is 79.9. The summed E-state index contributed by atoms with van der Waals surface area (Å²) in [5.41, 5.74) is 0.578. The molecule has 0 spiro atoms. The van der Waals surface area contributed by atoms with Crippen molar-refractivity contribution in [1.29, 1.82) is 0 Å². The van der Waals surface area contributed by atoms with Crippen LogP contribution in [0, 0.1) is 0 Å². The summed E-state index contributed by atoms with van der Waals surface area (Å²) in [5.74, 6) is -1.29. The molecular formula is C13H16BrNO3. The predicted octanol–water partition coefficient (Wildman–Crippen LogP) is 2.83. The van der Waals surface area contributed by atoms with Gasteiger partial charge >= 0.3 is 5.97 Å². The standard InChI is InChI=1S/C13H16BrNO3/c1-8(2)15(9(3)16)12(13(17)18)10-6-4-5-7-11(10)14/h4-8,12H,1-3H3,(H,17,18). The first-order valence-corrected chi connectivity index (χ1v) is 6.41. The summed E-state index contributed by atoms with van der Waals surface area (Å²) >= 11 is 3.33. The minimum atomic E-state index is -1.04. The second-order valence-corrected chi connectivity index (χ2v) is 5.14. The van der Waals surface area contributed by atoms with Crippen molar-refractivity contribution in [2.75, 3.05) is 0 Å². The van der Waals surface area contributed by atoms with Crippen molar-refractivity contribution >= 4 is 27.8 Å². The van der Waals surface area contributed by atoms with Gasteiger partial charge in [-0.05, 0) is 19.9 Å². The average Bonchev–Trinajstić information content (AvgIpc) is 2.25. The molecule has 0 aromatic heterocycles. The maximum atomic E-state index is 11.7. The molecule has 4 nitrogen and oxygen atoms in total. The molecule has 0 aliphatic rings. The van der Waals surface area contributed by atoms with E-state index >= 15 is 0 Å². The molecule has 1 atom stereocenters. The van der Waals surface area contributed by atoms with Crippen molar-refractivity contribution in [2.45, 2.75) is 32.9 Å². The lowest BCUT2D eigenvalue weighted by atomic mass is 10.0. The van der Waals surface area contributed by atoms with Crippen LogP contribution in [-0.4, -0.2) is 27.9 Å². The highest BCUT2D eigenvalue weighted by Gasteiger charge is 2.32. The van der Waals surface area contributed by atoms with E-state index in [4.69, 9.17) is 0 Å². The molecule has 1 aromatic carbocycles. The van der Waals surface area contributed by atoms with Crippen LogP contribution in [0.1, 0.15) is 32.4 Å². The van der Waals surface area contributed by atoms with Crippen LogP contribution in [0.15, 0.2) is 28.7 Å². The van der Waals surface area contributed by atoms with Crippen LogP contribution in [0.5, 0.6) is 0 Å². The van der Waals surface area contributed by atoms with Gasteiger partial charge in [0.15, 0.2) is 6.04 Å². The Labute approximate surface area is 115 Å². The normalized spacial score (nSPS) is 12.3. The number of rotatable bonds is 4. The van der Waals surface area contributed by atoms with Crippen LogP contribution in [0.3, 0.4) is 0 Å². The van der Waals surface area contributed by atoms with Gasteiger partial charge in [0.05, 0.1) is 0 Å². The maximum Gasteiger partial charge on any atom is 0.331 e. The van der Waals surface area contributed by atoms with Gasteiger partial charge in [-0.1, -0.05) is 34.1 Å². The molecule has 1 aromatic rings. The quantitative estimate of drug-likeness (QED) is 0.930. The summed E-state index contributed by atoms with van der Waals surface area (Å²) < 4.78 is 0.685. The lowest BCUT2D eigenvalue weighted by Crippen LogP contribution is -2.42. The molecule has 1 N–H and O–H groups in total. The summed E-state index contributed by atoms with van der Waals surface area (Å²) in [7, 11) is 0. The van der Waals surface area contributed by atoms with Gasteiger partial charge in [-0.2, -0.15) is 0 Å². The SMILES string of the molecule is CC(=O)N(C(C)C)C(C(=O)O)c1ccccc1Br. The van der Waals surface area contributed by atoms with Gasteiger partial charge in [-0.25, -0.2) is 4.79 Å². The van der Waals surface area contributed by atoms with E-state index in [1.54, 1.807) is 38.1 Å². The van der Waals surface area contributed by atoms with E-state index in [1.807, 2.05) is 0 Å². The third-order valence-corrected chi connectivity index (χ3v) is 3.35. The van der Waals surface area contributed by atoms with Crippen LogP contribution >= 0.6 is 15.9 Å². The number of hydrogen-bond donors (Lipinski definition) is 1. The van der Waals surface area contributed by atoms with Crippen molar-refractivity contribution in [3.05, 3.63) is 34.3 Å². The summed E-state index contributed by atoms with van der Waals surface area (Å²) in [6.45, 7) is 4.98. The smallest absolute Gasteiger partial charge is 0.331 e. The Morgan fingerprint density at radius 1 is 1.28 bits per heavy atom. The van der Waals surface area contributed by atoms with E-state index in [-0.39, 0.29) is 11.9 Å². The maximum absolute atomic E-state index is 11.7. The Morgan fingerprint density at radius 2 is 1.83 bits per heavy atom. The van der Waals surface area contributed by atoms with Crippen LogP contribution in [0.4, 0.5) is 0 Å². The fourth-order valence-electron chi connectivity index (χ4n) is 1.94. The van der Waals surface area contributed by atoms with Gasteiger partial charge in [0, 0.05) is 23.0 Å². The van der Waals surface area contributed by atoms with Gasteiger partial charge in [0.2, 0.25) is 5.91 Å². The topological polar surface area (TPSA) is 57.6 Å². The monoisotopic (exact) mass is 313 g/mol. The van der Waals surface area contributed by atoms with Gasteiger partial charge in [0.1, 0.15) is 0 Å². The lowest BCUT2D eigenvalue weighted by molar-refractivity contribution is -0.151. The van der Waals surface area contributed by atoms with E-state index in [9.17, 15) is 14.7 Å². The molecule has 0 saturated heterocycles. The zero-order valence-electron chi connectivity index (χ0n) is 10.6. The van der Waals surface area contributed by atoms with Crippen molar-refractivity contribution in [2.24, 2.45) is 0 Å². The van der Waals surface area contributed by atoms with Crippen molar-refractivity contribution in [1.82, 2.24) is 4.90 Å². The molecule has 0 saturated carbocycles. The number of benzene rings is 1. The molecule has 1 rings (SSSR count). The van der Waals surface area contributed by atoms with Crippen LogP contribution in [0.25, 0.3) is 0 Å². The average molecular weight is 314 g/mol. The van der Waals surface area contributed by atoms with E-state index in [2.05, 4.69) is 15.9 Å². The van der Waals surface area contributed by atoms with Crippen LogP contribution in [-0.2, 0) is 9.59 Å². The first-order chi connectivity index (χ1) is 8.36. The van der Waals surface area contributed by atoms with Crippen molar-refractivity contribution in [3.8, 4) is 0 Å². The van der Waals surface area contributed by atoms with Gasteiger partial charge in [-0.15, -0.1) is 0 Å². The fraction of sp³-hybridized carbons (Fsp3) is 0.385. The molecule has 98 valence electrons. The Hall–Kier alpha value is -1.36. The van der Waals surface area contributed by atoms with Gasteiger partial charge in [0.25, 0.3) is 0 Å². The number of aliphatic carboxylic acids is 1. The fourth-order valence-corrected chi connectivity index (χ4v) is 2.44. The number of halogens is 1. The highest BCUT2D eigenvalue weighted by Crippen LogP contribution is 2.29. The number of carbonyl (C=O) groups excluding carboxylic acids is 1. The summed E-state index contributed by atoms with van der Waals surface area (Å²) in [5, 5.41) is 9.40. The summed E-state index contributed by atoms with van der Waals surface area (Å²) in [6.07, 6.45) is 0. The molecular weight excluding hydrogens is 298 g/mol. The van der Waals surface area contributed by atoms with E-state index in [1.165, 1.54) is 11.8 Å². The highest BCUT2D eigenvalue weighted by molar-refractivity contribution is 9.10. The lowest BCUT2D eigenvalue weighted by Gasteiger charge is -2.32. The molecule has 0 fully saturated rings. The minimum Gasteiger partial charge on any atom is -0.479 e. The second-order valence-electron chi connectivity index (χ2n) is 4.28. The molecule has 1 unspecified atom stereocenters. The Bertz CT molecular complexity index is 459. The Kier molecular flexibility index (Phi) is 4.90. The molecule has 5 heteroatoms. The number of carboxylic acid groups (broad SMARTS) is 1. The Morgan fingerprint density at radius 3 is 2.22 bits per heavy atom. The number of carboxylic acids is 1. The summed E-state index contributed by atoms with van der Waals surface area (Å²) in [6, 6.07) is 5.88. The molecule has 0 heterocycles. The first-order valence-electron chi connectivity index (χ1n) is 5.62. The van der Waals surface area contributed by atoms with Crippen LogP contribution < -0.4 is 0 Å². The predicted molar refractivity (Wildman–Crippen MR) is 72.2 cm³/mol. The van der Waals surface area contributed by atoms with Gasteiger partial charge < -0.3 is 10.0 Å². The molecule has 1 amide bonds.